The molecule has 9 heavy (non-hydrogen) atoms. The standard InChI is InChI=1S/C6H9NOS/c1-2-3-7(6-8)4-5-9/h2,4-6,9H,1,3H2. The van der Waals surface area contributed by atoms with Gasteiger partial charge in [-0.15, -0.1) is 19.2 Å². The molecule has 0 bridgehead atoms. The van der Waals surface area contributed by atoms with Crippen molar-refractivity contribution >= 4 is 19.0 Å². The van der Waals surface area contributed by atoms with Gasteiger partial charge in [-0.05, 0) is 5.41 Å². The van der Waals surface area contributed by atoms with Gasteiger partial charge in [0, 0.05) is 12.7 Å². The molecule has 0 aliphatic carbocycles. The molecule has 3 heteroatoms. The van der Waals surface area contributed by atoms with Gasteiger partial charge in [0.25, 0.3) is 0 Å². The highest BCUT2D eigenvalue weighted by molar-refractivity contribution is 7.83. The van der Waals surface area contributed by atoms with E-state index in [4.69, 9.17) is 0 Å². The lowest BCUT2D eigenvalue weighted by Crippen LogP contribution is -2.13. The van der Waals surface area contributed by atoms with Crippen LogP contribution in [0.25, 0.3) is 0 Å². The molecule has 0 rings (SSSR count). The smallest absolute Gasteiger partial charge is 0.213 e. The Balaban J connectivity index is 3.66. The summed E-state index contributed by atoms with van der Waals surface area (Å²) >= 11 is 3.79. The zero-order valence-corrected chi connectivity index (χ0v) is 5.92. The average Bonchev–Trinajstić information content (AvgIpc) is 1.88. The second-order valence-corrected chi connectivity index (χ2v) is 1.69. The molecule has 0 aromatic carbocycles. The van der Waals surface area contributed by atoms with Crippen molar-refractivity contribution in [1.82, 2.24) is 4.90 Å². The van der Waals surface area contributed by atoms with Crippen molar-refractivity contribution in [3.8, 4) is 0 Å². The Labute approximate surface area is 60.3 Å². The minimum atomic E-state index is 0.528. The minimum absolute atomic E-state index is 0.528. The van der Waals surface area contributed by atoms with Gasteiger partial charge in [0.1, 0.15) is 0 Å². The topological polar surface area (TPSA) is 20.3 Å². The first-order valence-corrected chi connectivity index (χ1v) is 2.99. The number of carbonyl (C=O) groups excluding carboxylic acids is 1. The third kappa shape index (κ3) is 3.85. The monoisotopic (exact) mass is 143 g/mol. The lowest BCUT2D eigenvalue weighted by Gasteiger charge is -2.05. The highest BCUT2D eigenvalue weighted by atomic mass is 32.1. The fourth-order valence-electron chi connectivity index (χ4n) is 0.374. The van der Waals surface area contributed by atoms with Crippen molar-refractivity contribution in [1.29, 1.82) is 0 Å². The van der Waals surface area contributed by atoms with Crippen LogP contribution in [0.2, 0.25) is 0 Å². The molecule has 0 unspecified atom stereocenters. The van der Waals surface area contributed by atoms with Crippen LogP contribution < -0.4 is 0 Å². The van der Waals surface area contributed by atoms with E-state index in [-0.39, 0.29) is 0 Å². The lowest BCUT2D eigenvalue weighted by atomic mass is 10.6. The highest BCUT2D eigenvalue weighted by Crippen LogP contribution is 1.86. The summed E-state index contributed by atoms with van der Waals surface area (Å²) in [6.45, 7) is 4.00. The van der Waals surface area contributed by atoms with Crippen LogP contribution in [0.15, 0.2) is 24.3 Å². The first-order chi connectivity index (χ1) is 4.35. The van der Waals surface area contributed by atoms with Gasteiger partial charge < -0.3 is 4.90 Å². The molecule has 0 spiro atoms. The van der Waals surface area contributed by atoms with E-state index in [1.807, 2.05) is 0 Å². The summed E-state index contributed by atoms with van der Waals surface area (Å²) in [4.78, 5) is 11.5. The molecule has 50 valence electrons. The Hall–Kier alpha value is -0.700. The van der Waals surface area contributed by atoms with Gasteiger partial charge in [0.2, 0.25) is 6.41 Å². The molecular formula is C6H9NOS. The molecule has 0 aromatic heterocycles. The van der Waals surface area contributed by atoms with Crippen molar-refractivity contribution in [2.75, 3.05) is 6.54 Å². The average molecular weight is 143 g/mol. The molecule has 2 nitrogen and oxygen atoms in total. The Bertz CT molecular complexity index is 122. The van der Waals surface area contributed by atoms with Gasteiger partial charge in [0.05, 0.1) is 0 Å². The summed E-state index contributed by atoms with van der Waals surface area (Å²) in [7, 11) is 0. The summed E-state index contributed by atoms with van der Waals surface area (Å²) in [6.07, 6.45) is 3.92. The fraction of sp³-hybridized carbons (Fsp3) is 0.167. The zero-order chi connectivity index (χ0) is 7.11. The van der Waals surface area contributed by atoms with Gasteiger partial charge in [-0.3, -0.25) is 4.79 Å². The second kappa shape index (κ2) is 5.44. The largest absolute Gasteiger partial charge is 0.317 e. The maximum absolute atomic E-state index is 10.1. The van der Waals surface area contributed by atoms with E-state index in [2.05, 4.69) is 19.2 Å². The molecule has 1 amide bonds. The van der Waals surface area contributed by atoms with Crippen molar-refractivity contribution in [3.63, 3.8) is 0 Å². The van der Waals surface area contributed by atoms with Gasteiger partial charge in [-0.2, -0.15) is 0 Å². The molecule has 0 atom stereocenters. The SMILES string of the molecule is C=CCN(C=O)C=CS. The first-order valence-electron chi connectivity index (χ1n) is 2.48. The molecule has 0 aliphatic heterocycles. The van der Waals surface area contributed by atoms with Crippen LogP contribution in [0.3, 0.4) is 0 Å². The van der Waals surface area contributed by atoms with E-state index in [9.17, 15) is 4.79 Å². The van der Waals surface area contributed by atoms with E-state index in [1.165, 1.54) is 10.3 Å². The Morgan fingerprint density at radius 1 is 1.67 bits per heavy atom. The number of hydrogen-bond donors (Lipinski definition) is 1. The predicted octanol–water partition coefficient (Wildman–Crippen LogP) is 1.03. The van der Waals surface area contributed by atoms with Gasteiger partial charge in [-0.1, -0.05) is 6.08 Å². The Morgan fingerprint density at radius 3 is 2.67 bits per heavy atom. The predicted molar refractivity (Wildman–Crippen MR) is 41.1 cm³/mol. The van der Waals surface area contributed by atoms with Gasteiger partial charge in [0.15, 0.2) is 0 Å². The Morgan fingerprint density at radius 2 is 2.33 bits per heavy atom. The van der Waals surface area contributed by atoms with E-state index in [0.29, 0.717) is 13.0 Å². The van der Waals surface area contributed by atoms with Crippen molar-refractivity contribution < 1.29 is 4.79 Å². The minimum Gasteiger partial charge on any atom is -0.317 e. The quantitative estimate of drug-likeness (QED) is 0.354. The van der Waals surface area contributed by atoms with Crippen molar-refractivity contribution in [2.45, 2.75) is 0 Å². The number of nitrogens with zero attached hydrogens (tertiary/aromatic N) is 1. The molecule has 0 heterocycles. The number of rotatable bonds is 4. The maximum atomic E-state index is 10.1. The van der Waals surface area contributed by atoms with Crippen molar-refractivity contribution in [2.24, 2.45) is 0 Å². The summed E-state index contributed by atoms with van der Waals surface area (Å²) in [5.41, 5.74) is 0. The molecule has 0 aromatic rings. The lowest BCUT2D eigenvalue weighted by molar-refractivity contribution is -0.115. The highest BCUT2D eigenvalue weighted by Gasteiger charge is 1.87. The molecule has 0 aliphatic rings. The molecule has 0 N–H and O–H groups in total. The fourth-order valence-corrected chi connectivity index (χ4v) is 0.545. The van der Waals surface area contributed by atoms with E-state index in [0.717, 1.165) is 0 Å². The van der Waals surface area contributed by atoms with Gasteiger partial charge >= 0.3 is 0 Å². The summed E-state index contributed by atoms with van der Waals surface area (Å²) in [5.74, 6) is 0. The van der Waals surface area contributed by atoms with Crippen LogP contribution >= 0.6 is 12.6 Å². The number of hydrogen-bond acceptors (Lipinski definition) is 2. The molecule has 0 saturated heterocycles. The van der Waals surface area contributed by atoms with Crippen LogP contribution in [0.1, 0.15) is 0 Å². The Kier molecular flexibility index (Phi) is 5.01. The van der Waals surface area contributed by atoms with E-state index in [1.54, 1.807) is 12.3 Å². The molecule has 0 saturated carbocycles. The van der Waals surface area contributed by atoms with Crippen LogP contribution in [-0.4, -0.2) is 17.9 Å². The van der Waals surface area contributed by atoms with E-state index < -0.39 is 0 Å². The van der Waals surface area contributed by atoms with Crippen LogP contribution in [0.5, 0.6) is 0 Å². The van der Waals surface area contributed by atoms with Crippen LogP contribution in [0.4, 0.5) is 0 Å². The van der Waals surface area contributed by atoms with E-state index >= 15 is 0 Å². The van der Waals surface area contributed by atoms with Gasteiger partial charge in [-0.25, -0.2) is 0 Å². The van der Waals surface area contributed by atoms with Crippen LogP contribution in [0, 0.1) is 0 Å². The maximum Gasteiger partial charge on any atom is 0.213 e. The number of amides is 1. The zero-order valence-electron chi connectivity index (χ0n) is 5.03. The third-order valence-electron chi connectivity index (χ3n) is 0.733. The van der Waals surface area contributed by atoms with Crippen LogP contribution in [-0.2, 0) is 4.79 Å². The normalized spacial score (nSPS) is 9.44. The summed E-state index contributed by atoms with van der Waals surface area (Å²) in [6, 6.07) is 0. The first kappa shape index (κ1) is 8.30. The molecular weight excluding hydrogens is 134 g/mol. The summed E-state index contributed by atoms with van der Waals surface area (Å²) in [5, 5.41) is 1.50. The molecule has 0 fully saturated rings. The second-order valence-electron chi connectivity index (χ2n) is 1.39. The van der Waals surface area contributed by atoms with Crippen molar-refractivity contribution in [3.05, 3.63) is 24.3 Å². The molecule has 0 radical (unpaired) electrons. The summed E-state index contributed by atoms with van der Waals surface area (Å²) < 4.78 is 0. The number of thiol groups is 1. The third-order valence-corrected chi connectivity index (χ3v) is 0.867. The number of carbonyl (C=O) groups is 1.